The zero-order valence-electron chi connectivity index (χ0n) is 29.9. The van der Waals surface area contributed by atoms with Crippen LogP contribution in [0, 0.1) is 0 Å². The Morgan fingerprint density at radius 2 is 1.61 bits per heavy atom. The van der Waals surface area contributed by atoms with Crippen molar-refractivity contribution < 1.29 is 47.5 Å². The van der Waals surface area contributed by atoms with Gasteiger partial charge in [-0.25, -0.2) is 4.79 Å². The number of likely N-dealkylation sites (tertiary alicyclic amines) is 1. The zero-order valence-corrected chi connectivity index (χ0v) is 29.9. The number of nitrogens with zero attached hydrogens (tertiary/aromatic N) is 2. The van der Waals surface area contributed by atoms with Gasteiger partial charge in [0.25, 0.3) is 5.91 Å². The van der Waals surface area contributed by atoms with E-state index < -0.39 is 5.60 Å². The molecule has 2 amide bonds. The number of carbonyl (C=O) groups is 2. The molecule has 0 aromatic heterocycles. The lowest BCUT2D eigenvalue weighted by Crippen LogP contribution is -2.48. The van der Waals surface area contributed by atoms with E-state index in [1.807, 2.05) is 69.3 Å². The summed E-state index contributed by atoms with van der Waals surface area (Å²) < 4.78 is 45.8. The van der Waals surface area contributed by atoms with Crippen molar-refractivity contribution in [3.8, 4) is 28.7 Å². The zero-order chi connectivity index (χ0) is 35.8. The maximum atomic E-state index is 13.1. The fourth-order valence-corrected chi connectivity index (χ4v) is 6.33. The molecule has 0 saturated carbocycles. The summed E-state index contributed by atoms with van der Waals surface area (Å²) >= 11 is 0. The number of hydrogen-bond acceptors (Lipinski definition) is 10. The van der Waals surface area contributed by atoms with Crippen LogP contribution in [0.1, 0.15) is 57.1 Å². The van der Waals surface area contributed by atoms with Crippen molar-refractivity contribution in [3.05, 3.63) is 71.8 Å². The van der Waals surface area contributed by atoms with Crippen LogP contribution in [0.4, 0.5) is 10.5 Å². The molecule has 12 nitrogen and oxygen atoms in total. The molecule has 2 unspecified atom stereocenters. The molecule has 0 aliphatic carbocycles. The standard InChI is InChI=1S/C39H48N2O10/c1-39(2,3)51-38(43)40-17-15-31(28-8-10-29(11-9-28)45-19-6-20-46-30-12-14-34-35(22-30)50-26-49-34)36(23-40)47-24-27-7-13-33-32(21-27)41(16-5-18-44-4)37(42)25-48-33/h7-14,21-22,31,36H,5-6,15-20,23-26H2,1-4H3. The number of methoxy groups -OCH3 is 1. The van der Waals surface area contributed by atoms with Crippen molar-refractivity contribution in [2.24, 2.45) is 0 Å². The Balaban J connectivity index is 1.07. The highest BCUT2D eigenvalue weighted by molar-refractivity contribution is 5.97. The number of amides is 2. The molecule has 3 heterocycles. The van der Waals surface area contributed by atoms with E-state index in [2.05, 4.69) is 12.1 Å². The Hall–Kier alpha value is -4.68. The van der Waals surface area contributed by atoms with Gasteiger partial charge in [0, 0.05) is 45.2 Å². The van der Waals surface area contributed by atoms with Gasteiger partial charge >= 0.3 is 6.09 Å². The van der Waals surface area contributed by atoms with Crippen LogP contribution in [0.2, 0.25) is 0 Å². The molecule has 2 atom stereocenters. The number of anilines is 1. The number of rotatable bonds is 14. The second-order valence-electron chi connectivity index (χ2n) is 13.8. The molecule has 0 radical (unpaired) electrons. The van der Waals surface area contributed by atoms with Crippen LogP contribution in [0.15, 0.2) is 60.7 Å². The SMILES string of the molecule is COCCCN1C(=O)COc2ccc(COC3CN(C(=O)OC(C)(C)C)CCC3c3ccc(OCCCOc4ccc5c(c4)OCO5)cc3)cc21. The smallest absolute Gasteiger partial charge is 0.410 e. The summed E-state index contributed by atoms with van der Waals surface area (Å²) in [5.41, 5.74) is 2.14. The number of hydrogen-bond donors (Lipinski definition) is 0. The molecule has 3 aromatic rings. The van der Waals surface area contributed by atoms with Crippen LogP contribution < -0.4 is 28.6 Å². The summed E-state index contributed by atoms with van der Waals surface area (Å²) in [5.74, 6) is 3.55. The largest absolute Gasteiger partial charge is 0.493 e. The third kappa shape index (κ3) is 9.56. The molecular formula is C39H48N2O10. The number of benzene rings is 3. The van der Waals surface area contributed by atoms with Crippen LogP contribution in [-0.4, -0.2) is 88.6 Å². The van der Waals surface area contributed by atoms with Crippen molar-refractivity contribution in [3.63, 3.8) is 0 Å². The molecule has 1 saturated heterocycles. The minimum absolute atomic E-state index is 0.0145. The van der Waals surface area contributed by atoms with Gasteiger partial charge in [0.2, 0.25) is 6.79 Å². The van der Waals surface area contributed by atoms with Gasteiger partial charge in [-0.1, -0.05) is 18.2 Å². The van der Waals surface area contributed by atoms with E-state index in [1.54, 1.807) is 16.9 Å². The van der Waals surface area contributed by atoms with Crippen molar-refractivity contribution in [2.75, 3.05) is 64.9 Å². The van der Waals surface area contributed by atoms with E-state index in [0.29, 0.717) is 76.8 Å². The van der Waals surface area contributed by atoms with Gasteiger partial charge in [-0.05, 0) is 81.1 Å². The summed E-state index contributed by atoms with van der Waals surface area (Å²) in [6.45, 7) is 9.19. The van der Waals surface area contributed by atoms with Crippen LogP contribution in [-0.2, 0) is 25.6 Å². The third-order valence-electron chi connectivity index (χ3n) is 8.85. The average Bonchev–Trinajstić information content (AvgIpc) is 3.59. The first kappa shape index (κ1) is 36.1. The van der Waals surface area contributed by atoms with E-state index in [0.717, 1.165) is 34.1 Å². The lowest BCUT2D eigenvalue weighted by atomic mass is 9.87. The summed E-state index contributed by atoms with van der Waals surface area (Å²) in [7, 11) is 1.65. The number of fused-ring (bicyclic) bond motifs is 2. The third-order valence-corrected chi connectivity index (χ3v) is 8.85. The van der Waals surface area contributed by atoms with E-state index in [9.17, 15) is 9.59 Å². The van der Waals surface area contributed by atoms with Gasteiger partial charge in [0.1, 0.15) is 22.8 Å². The molecule has 3 aliphatic heterocycles. The van der Waals surface area contributed by atoms with Crippen molar-refractivity contribution in [1.82, 2.24) is 4.90 Å². The monoisotopic (exact) mass is 704 g/mol. The highest BCUT2D eigenvalue weighted by Crippen LogP contribution is 2.37. The Labute approximate surface area is 299 Å². The molecule has 0 spiro atoms. The molecule has 6 rings (SSSR count). The normalized spacial score (nSPS) is 18.2. The van der Waals surface area contributed by atoms with Crippen molar-refractivity contribution >= 4 is 17.7 Å². The highest BCUT2D eigenvalue weighted by atomic mass is 16.7. The number of ether oxygens (including phenoxy) is 8. The fraction of sp³-hybridized carbons (Fsp3) is 0.487. The maximum absolute atomic E-state index is 13.1. The summed E-state index contributed by atoms with van der Waals surface area (Å²) in [6.07, 6.45) is 1.49. The first-order chi connectivity index (χ1) is 24.7. The van der Waals surface area contributed by atoms with Gasteiger partial charge in [-0.15, -0.1) is 0 Å². The topological polar surface area (TPSA) is 114 Å². The molecule has 0 bridgehead atoms. The van der Waals surface area contributed by atoms with Crippen LogP contribution in [0.25, 0.3) is 0 Å². The van der Waals surface area contributed by atoms with Crippen molar-refractivity contribution in [1.29, 1.82) is 0 Å². The first-order valence-electron chi connectivity index (χ1n) is 17.6. The minimum Gasteiger partial charge on any atom is -0.493 e. The lowest BCUT2D eigenvalue weighted by molar-refractivity contribution is -0.121. The summed E-state index contributed by atoms with van der Waals surface area (Å²) in [5, 5.41) is 0. The summed E-state index contributed by atoms with van der Waals surface area (Å²) in [6, 6.07) is 19.4. The van der Waals surface area contributed by atoms with E-state index >= 15 is 0 Å². The molecule has 51 heavy (non-hydrogen) atoms. The van der Waals surface area contributed by atoms with Crippen LogP contribution in [0.3, 0.4) is 0 Å². The molecule has 3 aliphatic rings. The molecule has 1 fully saturated rings. The van der Waals surface area contributed by atoms with Gasteiger partial charge in [0.15, 0.2) is 18.1 Å². The quantitative estimate of drug-likeness (QED) is 0.176. The van der Waals surface area contributed by atoms with Gasteiger partial charge in [-0.3, -0.25) is 4.79 Å². The second kappa shape index (κ2) is 16.6. The molecule has 12 heteroatoms. The molecule has 0 N–H and O–H groups in total. The lowest BCUT2D eigenvalue weighted by Gasteiger charge is -2.39. The molecular weight excluding hydrogens is 656 g/mol. The van der Waals surface area contributed by atoms with Gasteiger partial charge in [0.05, 0.1) is 38.2 Å². The average molecular weight is 705 g/mol. The Bertz CT molecular complexity index is 1640. The summed E-state index contributed by atoms with van der Waals surface area (Å²) in [4.78, 5) is 29.3. The maximum Gasteiger partial charge on any atom is 0.410 e. The van der Waals surface area contributed by atoms with Gasteiger partial charge < -0.3 is 47.7 Å². The van der Waals surface area contributed by atoms with Crippen LogP contribution >= 0.6 is 0 Å². The Morgan fingerprint density at radius 3 is 2.39 bits per heavy atom. The molecule has 3 aromatic carbocycles. The van der Waals surface area contributed by atoms with E-state index in [-0.39, 0.29) is 37.4 Å². The second-order valence-corrected chi connectivity index (χ2v) is 13.8. The van der Waals surface area contributed by atoms with Crippen molar-refractivity contribution in [2.45, 2.75) is 64.3 Å². The minimum atomic E-state index is -0.601. The van der Waals surface area contributed by atoms with Gasteiger partial charge in [-0.2, -0.15) is 0 Å². The highest BCUT2D eigenvalue weighted by Gasteiger charge is 2.35. The fourth-order valence-electron chi connectivity index (χ4n) is 6.33. The first-order valence-corrected chi connectivity index (χ1v) is 17.6. The number of piperidine rings is 1. The number of carbonyl (C=O) groups excluding carboxylic acids is 2. The predicted molar refractivity (Wildman–Crippen MR) is 189 cm³/mol. The van der Waals surface area contributed by atoms with E-state index in [1.165, 1.54) is 0 Å². The molecule has 274 valence electrons. The van der Waals surface area contributed by atoms with Crippen LogP contribution in [0.5, 0.6) is 28.7 Å². The Morgan fingerprint density at radius 1 is 0.863 bits per heavy atom. The Kier molecular flexibility index (Phi) is 11.7. The predicted octanol–water partition coefficient (Wildman–Crippen LogP) is 6.33. The van der Waals surface area contributed by atoms with E-state index in [4.69, 9.17) is 37.9 Å².